The van der Waals surface area contributed by atoms with Crippen molar-refractivity contribution in [3.05, 3.63) is 23.0 Å². The number of rotatable bonds is 0. The average molecular weight is 192 g/mol. The highest BCUT2D eigenvalue weighted by molar-refractivity contribution is 7.18. The van der Waals surface area contributed by atoms with Crippen molar-refractivity contribution in [1.29, 1.82) is 0 Å². The van der Waals surface area contributed by atoms with E-state index in [4.69, 9.17) is 4.74 Å². The molecule has 0 saturated carbocycles. The Hall–Kier alpha value is -1.00. The third kappa shape index (κ3) is 1.06. The normalized spacial score (nSPS) is 16.0. The lowest BCUT2D eigenvalue weighted by molar-refractivity contribution is 0.114. The van der Waals surface area contributed by atoms with Crippen LogP contribution < -0.4 is 0 Å². The van der Waals surface area contributed by atoms with Crippen LogP contribution in [-0.2, 0) is 17.8 Å². The minimum absolute atomic E-state index is 0.746. The van der Waals surface area contributed by atoms with Gasteiger partial charge in [-0.05, 0) is 12.0 Å². The Morgan fingerprint density at radius 1 is 1.46 bits per heavy atom. The minimum Gasteiger partial charge on any atom is -0.376 e. The Morgan fingerprint density at radius 3 is 3.46 bits per heavy atom. The molecule has 4 heteroatoms. The van der Waals surface area contributed by atoms with Crippen molar-refractivity contribution >= 4 is 21.6 Å². The zero-order valence-corrected chi connectivity index (χ0v) is 7.80. The van der Waals surface area contributed by atoms with Crippen LogP contribution in [0.1, 0.15) is 10.4 Å². The van der Waals surface area contributed by atoms with Crippen LogP contribution in [0.2, 0.25) is 0 Å². The predicted octanol–water partition coefficient (Wildman–Crippen LogP) is 1.76. The molecule has 2 aromatic heterocycles. The quantitative estimate of drug-likeness (QED) is 0.638. The van der Waals surface area contributed by atoms with Gasteiger partial charge in [0.05, 0.1) is 13.2 Å². The minimum atomic E-state index is 0.746. The summed E-state index contributed by atoms with van der Waals surface area (Å²) in [6, 6.07) is 0. The second kappa shape index (κ2) is 2.75. The number of fused-ring (bicyclic) bond motifs is 3. The van der Waals surface area contributed by atoms with Gasteiger partial charge in [0.25, 0.3) is 0 Å². The highest BCUT2D eigenvalue weighted by Gasteiger charge is 2.16. The molecule has 0 N–H and O–H groups in total. The summed E-state index contributed by atoms with van der Waals surface area (Å²) in [4.78, 5) is 10.7. The summed E-state index contributed by atoms with van der Waals surface area (Å²) < 4.78 is 5.39. The largest absolute Gasteiger partial charge is 0.376 e. The SMILES string of the molecule is c1ncc2c3c(sc2n1)COCC3. The molecule has 0 atom stereocenters. The van der Waals surface area contributed by atoms with Crippen LogP contribution in [0.15, 0.2) is 12.5 Å². The van der Waals surface area contributed by atoms with Gasteiger partial charge in [-0.1, -0.05) is 0 Å². The molecule has 0 fully saturated rings. The molecule has 0 aromatic carbocycles. The molecule has 0 spiro atoms. The molecule has 0 unspecified atom stereocenters. The van der Waals surface area contributed by atoms with Gasteiger partial charge in [-0.3, -0.25) is 0 Å². The molecule has 3 rings (SSSR count). The molecule has 13 heavy (non-hydrogen) atoms. The van der Waals surface area contributed by atoms with Crippen LogP contribution in [0.4, 0.5) is 0 Å². The van der Waals surface area contributed by atoms with Gasteiger partial charge < -0.3 is 4.74 Å². The van der Waals surface area contributed by atoms with E-state index in [1.807, 2.05) is 6.20 Å². The van der Waals surface area contributed by atoms with Gasteiger partial charge in [0, 0.05) is 16.5 Å². The van der Waals surface area contributed by atoms with E-state index in [-0.39, 0.29) is 0 Å². The van der Waals surface area contributed by atoms with Crippen LogP contribution >= 0.6 is 11.3 Å². The van der Waals surface area contributed by atoms with E-state index in [9.17, 15) is 0 Å². The van der Waals surface area contributed by atoms with Crippen molar-refractivity contribution in [3.8, 4) is 0 Å². The van der Waals surface area contributed by atoms with E-state index >= 15 is 0 Å². The van der Waals surface area contributed by atoms with Crippen LogP contribution in [0.5, 0.6) is 0 Å². The fourth-order valence-electron chi connectivity index (χ4n) is 1.66. The first kappa shape index (κ1) is 7.41. The third-order valence-electron chi connectivity index (χ3n) is 2.29. The molecular weight excluding hydrogens is 184 g/mol. The molecule has 0 radical (unpaired) electrons. The number of aromatic nitrogens is 2. The van der Waals surface area contributed by atoms with Crippen LogP contribution in [0, 0.1) is 0 Å². The summed E-state index contributed by atoms with van der Waals surface area (Å²) >= 11 is 1.72. The molecule has 3 nitrogen and oxygen atoms in total. The van der Waals surface area contributed by atoms with Crippen molar-refractivity contribution in [2.45, 2.75) is 13.0 Å². The van der Waals surface area contributed by atoms with Crippen molar-refractivity contribution < 1.29 is 4.74 Å². The molecule has 2 aromatic rings. The first-order valence-corrected chi connectivity index (χ1v) is 5.05. The van der Waals surface area contributed by atoms with Crippen molar-refractivity contribution in [2.24, 2.45) is 0 Å². The zero-order valence-electron chi connectivity index (χ0n) is 6.99. The van der Waals surface area contributed by atoms with Gasteiger partial charge >= 0.3 is 0 Å². The first-order valence-electron chi connectivity index (χ1n) is 4.23. The van der Waals surface area contributed by atoms with E-state index in [0.717, 1.165) is 24.5 Å². The van der Waals surface area contributed by atoms with E-state index in [1.165, 1.54) is 15.8 Å². The third-order valence-corrected chi connectivity index (χ3v) is 3.42. The standard InChI is InChI=1S/C9H8N2OS/c1-2-12-4-8-6(1)7-3-10-5-11-9(7)13-8/h3,5H,1-2,4H2. The number of hydrogen-bond donors (Lipinski definition) is 0. The van der Waals surface area contributed by atoms with E-state index in [1.54, 1.807) is 17.7 Å². The fraction of sp³-hybridized carbons (Fsp3) is 0.333. The van der Waals surface area contributed by atoms with Gasteiger partial charge in [0.1, 0.15) is 11.2 Å². The highest BCUT2D eigenvalue weighted by atomic mass is 32.1. The van der Waals surface area contributed by atoms with Gasteiger partial charge in [-0.25, -0.2) is 9.97 Å². The number of hydrogen-bond acceptors (Lipinski definition) is 4. The van der Waals surface area contributed by atoms with Crippen LogP contribution in [0.3, 0.4) is 0 Å². The number of ether oxygens (including phenoxy) is 1. The lowest BCUT2D eigenvalue weighted by Gasteiger charge is -2.10. The van der Waals surface area contributed by atoms with Crippen LogP contribution in [-0.4, -0.2) is 16.6 Å². The topological polar surface area (TPSA) is 35.0 Å². The summed E-state index contributed by atoms with van der Waals surface area (Å²) in [6.07, 6.45) is 4.51. The molecule has 0 amide bonds. The second-order valence-corrected chi connectivity index (χ2v) is 4.13. The van der Waals surface area contributed by atoms with Gasteiger partial charge in [0.15, 0.2) is 0 Å². The first-order chi connectivity index (χ1) is 6.45. The Bertz CT molecular complexity index is 452. The molecule has 0 bridgehead atoms. The van der Waals surface area contributed by atoms with E-state index in [2.05, 4.69) is 9.97 Å². The Morgan fingerprint density at radius 2 is 2.46 bits per heavy atom. The lowest BCUT2D eigenvalue weighted by Crippen LogP contribution is -2.06. The Kier molecular flexibility index (Phi) is 1.57. The summed E-state index contributed by atoms with van der Waals surface area (Å²) in [7, 11) is 0. The molecular formula is C9H8N2OS. The van der Waals surface area contributed by atoms with Crippen molar-refractivity contribution in [1.82, 2.24) is 9.97 Å². The van der Waals surface area contributed by atoms with E-state index < -0.39 is 0 Å². The average Bonchev–Trinajstić information content (AvgIpc) is 2.56. The summed E-state index contributed by atoms with van der Waals surface area (Å²) in [5.74, 6) is 0. The summed E-state index contributed by atoms with van der Waals surface area (Å²) in [5, 5.41) is 1.21. The number of thiophene rings is 1. The van der Waals surface area contributed by atoms with Crippen molar-refractivity contribution in [3.63, 3.8) is 0 Å². The zero-order chi connectivity index (χ0) is 8.67. The maximum Gasteiger partial charge on any atom is 0.127 e. The summed E-state index contributed by atoms with van der Waals surface area (Å²) in [5.41, 5.74) is 1.40. The van der Waals surface area contributed by atoms with Crippen molar-refractivity contribution in [2.75, 3.05) is 6.61 Å². The molecule has 0 saturated heterocycles. The smallest absolute Gasteiger partial charge is 0.127 e. The van der Waals surface area contributed by atoms with Crippen LogP contribution in [0.25, 0.3) is 10.2 Å². The van der Waals surface area contributed by atoms with Gasteiger partial charge in [0.2, 0.25) is 0 Å². The molecule has 0 aliphatic carbocycles. The Labute approximate surface area is 79.4 Å². The fourth-order valence-corrected chi connectivity index (χ4v) is 2.76. The Balaban J connectivity index is 2.34. The van der Waals surface area contributed by atoms with Gasteiger partial charge in [-0.2, -0.15) is 0 Å². The maximum atomic E-state index is 5.39. The monoisotopic (exact) mass is 192 g/mol. The second-order valence-electron chi connectivity index (χ2n) is 3.05. The maximum absolute atomic E-state index is 5.39. The molecule has 66 valence electrons. The van der Waals surface area contributed by atoms with Gasteiger partial charge in [-0.15, -0.1) is 11.3 Å². The molecule has 1 aliphatic rings. The lowest BCUT2D eigenvalue weighted by atomic mass is 10.1. The number of nitrogens with zero attached hydrogens (tertiary/aromatic N) is 2. The predicted molar refractivity (Wildman–Crippen MR) is 50.8 cm³/mol. The molecule has 1 aliphatic heterocycles. The molecule has 3 heterocycles. The highest BCUT2D eigenvalue weighted by Crippen LogP contribution is 2.32. The van der Waals surface area contributed by atoms with E-state index in [0.29, 0.717) is 0 Å². The summed E-state index contributed by atoms with van der Waals surface area (Å²) in [6.45, 7) is 1.57.